The zero-order valence-corrected chi connectivity index (χ0v) is 22.6. The minimum atomic E-state index is -2.72. The van der Waals surface area contributed by atoms with Crippen LogP contribution in [0.2, 0.25) is 0 Å². The first-order valence-corrected chi connectivity index (χ1v) is 13.1. The number of nitrogens with two attached hydrogens (primary N) is 1. The average molecular weight is 544 g/mol. The lowest BCUT2D eigenvalue weighted by Crippen LogP contribution is -2.66. The van der Waals surface area contributed by atoms with Crippen LogP contribution in [-0.2, 0) is 33.9 Å². The van der Waals surface area contributed by atoms with Gasteiger partial charge in [0.15, 0.2) is 11.4 Å². The van der Waals surface area contributed by atoms with Crippen LogP contribution in [-0.4, -0.2) is 78.5 Å². The summed E-state index contributed by atoms with van der Waals surface area (Å²) in [6.45, 7) is 8.45. The van der Waals surface area contributed by atoms with Gasteiger partial charge in [-0.15, -0.1) is 0 Å². The fourth-order valence-corrected chi connectivity index (χ4v) is 6.80. The number of phenolic OH excluding ortho intramolecular Hbond substituents is 1. The molecule has 11 heteroatoms. The third-order valence-electron chi connectivity index (χ3n) is 9.10. The first kappa shape index (κ1) is 27.3. The lowest BCUT2D eigenvalue weighted by Gasteiger charge is -2.50. The number of carbonyl (C=O) groups is 3. The number of aliphatic hydroxyl groups excluding tert-OH is 2. The van der Waals surface area contributed by atoms with Crippen molar-refractivity contribution in [3.8, 4) is 5.75 Å². The number of Topliss-reactive ketones (excluding diaryl/α,β-unsaturated/α-hetero) is 2. The number of hydrogen-bond acceptors (Lipinski definition) is 9. The van der Waals surface area contributed by atoms with E-state index in [1.54, 1.807) is 18.9 Å². The van der Waals surface area contributed by atoms with Crippen molar-refractivity contribution < 1.29 is 39.2 Å². The highest BCUT2D eigenvalue weighted by Gasteiger charge is 2.64. The number of ketones is 2. The Morgan fingerprint density at radius 1 is 1.15 bits per heavy atom. The molecule has 3 aliphatic carbocycles. The predicted molar refractivity (Wildman–Crippen MR) is 138 cm³/mol. The number of benzene rings is 1. The Balaban J connectivity index is 1.71. The summed E-state index contributed by atoms with van der Waals surface area (Å²) in [5.41, 5.74) is 1.67. The standard InChI is InChI=1S/C28H34FN3O7/c1-6-31(5)20-15-8-11-7-12-17(21(33)14-10-32(27(2,3)4)9-13(14)19(12)29)22(34)16(11)24(36)28(15,39)25(37)18(23(20)35)26(30)38/h11,15,20,33-34,37,39H,6-10H2,1-5H3,(H2,30,38)/t11-,15-,20-,28-/m0/s1. The van der Waals surface area contributed by atoms with E-state index < -0.39 is 63.9 Å². The molecule has 6 N–H and O–H groups in total. The topological polar surface area (TPSA) is 165 Å². The van der Waals surface area contributed by atoms with Crippen molar-refractivity contribution in [2.45, 2.75) is 70.8 Å². The molecule has 4 atom stereocenters. The molecule has 5 rings (SSSR count). The van der Waals surface area contributed by atoms with Gasteiger partial charge in [-0.25, -0.2) is 4.39 Å². The maximum atomic E-state index is 16.0. The van der Waals surface area contributed by atoms with E-state index >= 15 is 4.39 Å². The third kappa shape index (κ3) is 3.52. The summed E-state index contributed by atoms with van der Waals surface area (Å²) in [6, 6.07) is -1.17. The fraction of sp³-hybridized carbons (Fsp3) is 0.536. The van der Waals surface area contributed by atoms with Crippen molar-refractivity contribution in [1.29, 1.82) is 0 Å². The second-order valence-electron chi connectivity index (χ2n) is 12.1. The number of likely N-dealkylation sites (N-methyl/N-ethyl adjacent to an activating group) is 1. The summed E-state index contributed by atoms with van der Waals surface area (Å²) in [5, 5.41) is 45.3. The molecule has 1 aliphatic heterocycles. The minimum absolute atomic E-state index is 0.0617. The van der Waals surface area contributed by atoms with E-state index in [1.807, 2.05) is 25.7 Å². The summed E-state index contributed by atoms with van der Waals surface area (Å²) in [4.78, 5) is 43.0. The Kier molecular flexibility index (Phi) is 6.02. The number of rotatable bonds is 3. The normalized spacial score (nSPS) is 29.0. The van der Waals surface area contributed by atoms with Crippen molar-refractivity contribution in [2.24, 2.45) is 17.6 Å². The SMILES string of the molecule is CCN(C)[C@@H]1C(=O)C(C(N)=O)=C(O)[C@@]2(O)C(=O)C3=C(O)c4c(O)c5c(c(F)c4C[C@H]3C[C@@H]12)CN(C(C)(C)C)C5. The van der Waals surface area contributed by atoms with Crippen LogP contribution >= 0.6 is 0 Å². The Labute approximate surface area is 225 Å². The lowest BCUT2D eigenvalue weighted by atomic mass is 9.57. The first-order chi connectivity index (χ1) is 18.1. The molecule has 1 saturated carbocycles. The molecule has 1 heterocycles. The molecule has 0 aromatic heterocycles. The van der Waals surface area contributed by atoms with Crippen LogP contribution in [0.3, 0.4) is 0 Å². The number of halogens is 1. The number of phenols is 1. The molecule has 0 radical (unpaired) electrons. The number of fused-ring (bicyclic) bond motifs is 4. The Morgan fingerprint density at radius 3 is 2.33 bits per heavy atom. The van der Waals surface area contributed by atoms with E-state index in [9.17, 15) is 34.8 Å². The molecule has 0 unspecified atom stereocenters. The minimum Gasteiger partial charge on any atom is -0.508 e. The summed E-state index contributed by atoms with van der Waals surface area (Å²) >= 11 is 0. The fourth-order valence-electron chi connectivity index (χ4n) is 6.80. The molecule has 210 valence electrons. The predicted octanol–water partition coefficient (Wildman–Crippen LogP) is 1.61. The van der Waals surface area contributed by atoms with E-state index in [4.69, 9.17) is 5.73 Å². The van der Waals surface area contributed by atoms with E-state index in [0.717, 1.165) is 0 Å². The summed E-state index contributed by atoms with van der Waals surface area (Å²) in [7, 11) is 1.58. The molecule has 0 saturated heterocycles. The van der Waals surface area contributed by atoms with Gasteiger partial charge in [-0.05, 0) is 53.1 Å². The van der Waals surface area contributed by atoms with Crippen LogP contribution in [0.5, 0.6) is 5.75 Å². The Hall–Kier alpha value is -3.28. The molecular weight excluding hydrogens is 509 g/mol. The molecule has 1 aromatic carbocycles. The van der Waals surface area contributed by atoms with Gasteiger partial charge in [-0.1, -0.05) is 6.92 Å². The second kappa shape index (κ2) is 8.61. The number of primary amides is 1. The quantitative estimate of drug-likeness (QED) is 0.356. The van der Waals surface area contributed by atoms with Crippen molar-refractivity contribution in [3.05, 3.63) is 45.0 Å². The van der Waals surface area contributed by atoms with Crippen LogP contribution in [0.25, 0.3) is 5.76 Å². The van der Waals surface area contributed by atoms with Crippen LogP contribution in [0.1, 0.15) is 56.4 Å². The number of carbonyl (C=O) groups excluding carboxylic acids is 3. The Bertz CT molecular complexity index is 1410. The monoisotopic (exact) mass is 543 g/mol. The van der Waals surface area contributed by atoms with E-state index in [1.165, 1.54) is 0 Å². The zero-order chi connectivity index (χ0) is 28.9. The van der Waals surface area contributed by atoms with Gasteiger partial charge in [0.2, 0.25) is 5.78 Å². The van der Waals surface area contributed by atoms with Crippen LogP contribution in [0.15, 0.2) is 16.9 Å². The molecule has 39 heavy (non-hydrogen) atoms. The van der Waals surface area contributed by atoms with E-state index in [0.29, 0.717) is 17.7 Å². The summed E-state index contributed by atoms with van der Waals surface area (Å²) < 4.78 is 16.0. The smallest absolute Gasteiger partial charge is 0.255 e. The van der Waals surface area contributed by atoms with E-state index in [-0.39, 0.29) is 53.9 Å². The van der Waals surface area contributed by atoms with Crippen LogP contribution < -0.4 is 5.73 Å². The first-order valence-electron chi connectivity index (χ1n) is 13.1. The number of hydrogen-bond donors (Lipinski definition) is 5. The molecule has 1 fully saturated rings. The van der Waals surface area contributed by atoms with Crippen LogP contribution in [0, 0.1) is 17.7 Å². The molecule has 0 bridgehead atoms. The van der Waals surface area contributed by atoms with E-state index in [2.05, 4.69) is 0 Å². The van der Waals surface area contributed by atoms with Crippen molar-refractivity contribution >= 4 is 23.2 Å². The molecule has 4 aliphatic rings. The number of aromatic hydroxyl groups is 1. The second-order valence-corrected chi connectivity index (χ2v) is 12.1. The third-order valence-corrected chi connectivity index (χ3v) is 9.10. The van der Waals surface area contributed by atoms with Gasteiger partial charge in [0.25, 0.3) is 5.91 Å². The lowest BCUT2D eigenvalue weighted by molar-refractivity contribution is -0.154. The van der Waals surface area contributed by atoms with Gasteiger partial charge in [-0.2, -0.15) is 0 Å². The van der Waals surface area contributed by atoms with Gasteiger partial charge >= 0.3 is 0 Å². The van der Waals surface area contributed by atoms with Crippen LogP contribution in [0.4, 0.5) is 4.39 Å². The average Bonchev–Trinajstić information content (AvgIpc) is 3.31. The molecule has 0 spiro atoms. The Morgan fingerprint density at radius 2 is 1.77 bits per heavy atom. The highest BCUT2D eigenvalue weighted by molar-refractivity contribution is 6.24. The number of nitrogens with zero attached hydrogens (tertiary/aromatic N) is 2. The molecule has 10 nitrogen and oxygen atoms in total. The summed E-state index contributed by atoms with van der Waals surface area (Å²) in [6.07, 6.45) is -0.150. The molecular formula is C28H34FN3O7. The van der Waals surface area contributed by atoms with Crippen molar-refractivity contribution in [3.63, 3.8) is 0 Å². The van der Waals surface area contributed by atoms with Gasteiger partial charge < -0.3 is 26.2 Å². The largest absolute Gasteiger partial charge is 0.508 e. The maximum absolute atomic E-state index is 16.0. The zero-order valence-electron chi connectivity index (χ0n) is 22.6. The summed E-state index contributed by atoms with van der Waals surface area (Å²) in [5.74, 6) is -7.96. The highest BCUT2D eigenvalue weighted by atomic mass is 19.1. The molecule has 1 aromatic rings. The molecule has 1 amide bonds. The van der Waals surface area contributed by atoms with Crippen molar-refractivity contribution in [2.75, 3.05) is 13.6 Å². The van der Waals surface area contributed by atoms with Gasteiger partial charge in [0.05, 0.1) is 11.6 Å². The number of aliphatic hydroxyl groups is 3. The van der Waals surface area contributed by atoms with Gasteiger partial charge in [0, 0.05) is 46.8 Å². The maximum Gasteiger partial charge on any atom is 0.255 e. The van der Waals surface area contributed by atoms with Gasteiger partial charge in [-0.3, -0.25) is 24.2 Å². The highest BCUT2D eigenvalue weighted by Crippen LogP contribution is 2.54. The number of amides is 1. The van der Waals surface area contributed by atoms with Gasteiger partial charge in [0.1, 0.15) is 28.7 Å². The van der Waals surface area contributed by atoms with Crippen molar-refractivity contribution in [1.82, 2.24) is 9.80 Å².